The summed E-state index contributed by atoms with van der Waals surface area (Å²) in [4.78, 5) is 22.6. The molecule has 2 aromatic carbocycles. The van der Waals surface area contributed by atoms with E-state index in [-0.39, 0.29) is 21.7 Å². The first-order valence-corrected chi connectivity index (χ1v) is 8.28. The number of rotatable bonds is 5. The minimum atomic E-state index is -4.08. The third-order valence-electron chi connectivity index (χ3n) is 3.31. The van der Waals surface area contributed by atoms with Gasteiger partial charge in [-0.1, -0.05) is 18.2 Å². The molecule has 0 aliphatic carbocycles. The molecule has 7 nitrogen and oxygen atoms in total. The van der Waals surface area contributed by atoms with Gasteiger partial charge in [0.05, 0.1) is 28.8 Å². The van der Waals surface area contributed by atoms with E-state index < -0.39 is 22.0 Å². The zero-order valence-electron chi connectivity index (χ0n) is 12.9. The molecular weight excluding hydrogens is 334 g/mol. The molecule has 8 heteroatoms. The van der Waals surface area contributed by atoms with E-state index in [4.69, 9.17) is 0 Å². The molecule has 0 unspecified atom stereocenters. The van der Waals surface area contributed by atoms with Gasteiger partial charge in [-0.05, 0) is 36.8 Å². The smallest absolute Gasteiger partial charge is 0.337 e. The second-order valence-electron chi connectivity index (χ2n) is 4.93. The van der Waals surface area contributed by atoms with E-state index in [0.717, 1.165) is 6.07 Å². The van der Waals surface area contributed by atoms with Gasteiger partial charge < -0.3 is 9.84 Å². The highest BCUT2D eigenvalue weighted by Gasteiger charge is 2.21. The number of aromatic carboxylic acids is 1. The summed E-state index contributed by atoms with van der Waals surface area (Å²) in [5.74, 6) is -1.92. The number of benzene rings is 2. The van der Waals surface area contributed by atoms with Crippen LogP contribution in [0.25, 0.3) is 0 Å². The standard InChI is InChI=1S/C16H15NO6S/c1-10-5-3-8-13(15(18)19)14(10)17-24(21,22)12-7-4-6-11(9-12)16(20)23-2/h3-9,17H,1-2H3,(H,18,19). The number of para-hydroxylation sites is 1. The Balaban J connectivity index is 2.47. The molecule has 0 saturated heterocycles. The number of aryl methyl sites for hydroxylation is 1. The molecular formula is C16H15NO6S. The molecule has 0 atom stereocenters. The first kappa shape index (κ1) is 17.5. The van der Waals surface area contributed by atoms with Crippen LogP contribution in [0.1, 0.15) is 26.3 Å². The Labute approximate surface area is 138 Å². The molecule has 0 aliphatic heterocycles. The quantitative estimate of drug-likeness (QED) is 0.802. The van der Waals surface area contributed by atoms with Crippen molar-refractivity contribution >= 4 is 27.6 Å². The van der Waals surface area contributed by atoms with Gasteiger partial charge in [-0.25, -0.2) is 18.0 Å². The van der Waals surface area contributed by atoms with Gasteiger partial charge in [0, 0.05) is 0 Å². The van der Waals surface area contributed by atoms with Crippen LogP contribution >= 0.6 is 0 Å². The minimum absolute atomic E-state index is 0.0199. The Morgan fingerprint density at radius 3 is 2.42 bits per heavy atom. The lowest BCUT2D eigenvalue weighted by atomic mass is 10.1. The lowest BCUT2D eigenvalue weighted by Crippen LogP contribution is -2.17. The molecule has 0 spiro atoms. The van der Waals surface area contributed by atoms with Gasteiger partial charge in [-0.3, -0.25) is 4.72 Å². The summed E-state index contributed by atoms with van der Waals surface area (Å²) >= 11 is 0. The van der Waals surface area contributed by atoms with Gasteiger partial charge in [0.1, 0.15) is 0 Å². The van der Waals surface area contributed by atoms with Gasteiger partial charge in [-0.15, -0.1) is 0 Å². The van der Waals surface area contributed by atoms with Crippen LogP contribution in [0, 0.1) is 6.92 Å². The zero-order chi connectivity index (χ0) is 17.9. The van der Waals surface area contributed by atoms with Crippen molar-refractivity contribution in [2.24, 2.45) is 0 Å². The van der Waals surface area contributed by atoms with Crippen LogP contribution in [0.2, 0.25) is 0 Å². The third kappa shape index (κ3) is 3.54. The van der Waals surface area contributed by atoms with Crippen LogP contribution in [-0.4, -0.2) is 32.6 Å². The number of carboxylic acids is 1. The van der Waals surface area contributed by atoms with Crippen molar-refractivity contribution in [2.45, 2.75) is 11.8 Å². The normalized spacial score (nSPS) is 10.9. The number of methoxy groups -OCH3 is 1. The highest BCUT2D eigenvalue weighted by molar-refractivity contribution is 7.92. The van der Waals surface area contributed by atoms with E-state index in [0.29, 0.717) is 5.56 Å². The first-order valence-electron chi connectivity index (χ1n) is 6.80. The van der Waals surface area contributed by atoms with Crippen molar-refractivity contribution < 1.29 is 27.9 Å². The summed E-state index contributed by atoms with van der Waals surface area (Å²) < 4.78 is 31.9. The van der Waals surface area contributed by atoms with Gasteiger partial charge in [-0.2, -0.15) is 0 Å². The molecule has 0 amide bonds. The molecule has 2 rings (SSSR count). The number of carbonyl (C=O) groups is 2. The van der Waals surface area contributed by atoms with Crippen molar-refractivity contribution in [3.05, 3.63) is 59.2 Å². The predicted molar refractivity (Wildman–Crippen MR) is 86.7 cm³/mol. The van der Waals surface area contributed by atoms with Gasteiger partial charge in [0.25, 0.3) is 10.0 Å². The van der Waals surface area contributed by atoms with E-state index in [1.807, 2.05) is 0 Å². The Morgan fingerprint density at radius 2 is 1.79 bits per heavy atom. The molecule has 0 aromatic heterocycles. The number of carboxylic acid groups (broad SMARTS) is 1. The van der Waals surface area contributed by atoms with Gasteiger partial charge >= 0.3 is 11.9 Å². The summed E-state index contributed by atoms with van der Waals surface area (Å²) in [5, 5.41) is 9.21. The third-order valence-corrected chi connectivity index (χ3v) is 4.65. The van der Waals surface area contributed by atoms with Crippen LogP contribution in [0.5, 0.6) is 0 Å². The van der Waals surface area contributed by atoms with Crippen molar-refractivity contribution in [1.82, 2.24) is 0 Å². The average molecular weight is 349 g/mol. The highest BCUT2D eigenvalue weighted by atomic mass is 32.2. The number of esters is 1. The largest absolute Gasteiger partial charge is 0.478 e. The number of hydrogen-bond acceptors (Lipinski definition) is 5. The van der Waals surface area contributed by atoms with Crippen molar-refractivity contribution in [3.8, 4) is 0 Å². The fourth-order valence-electron chi connectivity index (χ4n) is 2.08. The summed E-state index contributed by atoms with van der Waals surface area (Å²) in [6.45, 7) is 1.59. The molecule has 0 bridgehead atoms. The van der Waals surface area contributed by atoms with Crippen LogP contribution in [0.3, 0.4) is 0 Å². The number of anilines is 1. The fourth-order valence-corrected chi connectivity index (χ4v) is 3.28. The molecule has 2 N–H and O–H groups in total. The molecule has 24 heavy (non-hydrogen) atoms. The van der Waals surface area contributed by atoms with Gasteiger partial charge in [0.15, 0.2) is 0 Å². The Morgan fingerprint density at radius 1 is 1.12 bits per heavy atom. The maximum atomic E-state index is 12.5. The maximum absolute atomic E-state index is 12.5. The second kappa shape index (κ2) is 6.71. The van der Waals surface area contributed by atoms with E-state index in [1.54, 1.807) is 13.0 Å². The topological polar surface area (TPSA) is 110 Å². The number of nitrogens with one attached hydrogen (secondary N) is 1. The molecule has 2 aromatic rings. The van der Waals surface area contributed by atoms with E-state index in [1.165, 1.54) is 37.4 Å². The summed E-state index contributed by atoms with van der Waals surface area (Å²) in [7, 11) is -2.89. The second-order valence-corrected chi connectivity index (χ2v) is 6.61. The van der Waals surface area contributed by atoms with Crippen molar-refractivity contribution in [2.75, 3.05) is 11.8 Å². The first-order chi connectivity index (χ1) is 11.3. The maximum Gasteiger partial charge on any atom is 0.337 e. The van der Waals surface area contributed by atoms with Crippen LogP contribution in [0.4, 0.5) is 5.69 Å². The molecule has 0 radical (unpaired) electrons. The summed E-state index contributed by atoms with van der Waals surface area (Å²) in [6.07, 6.45) is 0. The predicted octanol–water partition coefficient (Wildman–Crippen LogP) is 2.28. The summed E-state index contributed by atoms with van der Waals surface area (Å²) in [5.41, 5.74) is 0.349. The highest BCUT2D eigenvalue weighted by Crippen LogP contribution is 2.24. The minimum Gasteiger partial charge on any atom is -0.478 e. The molecule has 126 valence electrons. The Kier molecular flexibility index (Phi) is 4.89. The van der Waals surface area contributed by atoms with E-state index in [9.17, 15) is 23.1 Å². The SMILES string of the molecule is COC(=O)c1cccc(S(=O)(=O)Nc2c(C)cccc2C(=O)O)c1. The van der Waals surface area contributed by atoms with E-state index in [2.05, 4.69) is 9.46 Å². The van der Waals surface area contributed by atoms with Crippen LogP contribution in [-0.2, 0) is 14.8 Å². The van der Waals surface area contributed by atoms with E-state index >= 15 is 0 Å². The Bertz CT molecular complexity index is 905. The summed E-state index contributed by atoms with van der Waals surface area (Å²) in [6, 6.07) is 9.69. The monoisotopic (exact) mass is 349 g/mol. The van der Waals surface area contributed by atoms with Crippen molar-refractivity contribution in [3.63, 3.8) is 0 Å². The van der Waals surface area contributed by atoms with Crippen molar-refractivity contribution in [1.29, 1.82) is 0 Å². The molecule has 0 heterocycles. The molecule has 0 saturated carbocycles. The zero-order valence-corrected chi connectivity index (χ0v) is 13.8. The number of ether oxygens (including phenoxy) is 1. The van der Waals surface area contributed by atoms with Crippen LogP contribution < -0.4 is 4.72 Å². The molecule has 0 aliphatic rings. The lowest BCUT2D eigenvalue weighted by Gasteiger charge is -2.13. The number of hydrogen-bond donors (Lipinski definition) is 2. The number of sulfonamides is 1. The Hall–Kier alpha value is -2.87. The van der Waals surface area contributed by atoms with Gasteiger partial charge in [0.2, 0.25) is 0 Å². The average Bonchev–Trinajstić information content (AvgIpc) is 2.55. The van der Waals surface area contributed by atoms with Crippen LogP contribution in [0.15, 0.2) is 47.4 Å². The number of carbonyl (C=O) groups excluding carboxylic acids is 1. The molecule has 0 fully saturated rings. The lowest BCUT2D eigenvalue weighted by molar-refractivity contribution is 0.0599. The fraction of sp³-hybridized carbons (Fsp3) is 0.125.